The van der Waals surface area contributed by atoms with Gasteiger partial charge in [-0.05, 0) is 37.4 Å². The molecular formula is C15H24N4O4S. The van der Waals surface area contributed by atoms with Crippen LogP contribution in [0.1, 0.15) is 26.7 Å². The highest BCUT2D eigenvalue weighted by Gasteiger charge is 2.26. The van der Waals surface area contributed by atoms with Gasteiger partial charge in [-0.2, -0.15) is 0 Å². The lowest BCUT2D eigenvalue weighted by atomic mass is 10.1. The van der Waals surface area contributed by atoms with Crippen LogP contribution in [0, 0.1) is 16.0 Å². The van der Waals surface area contributed by atoms with Gasteiger partial charge >= 0.3 is 0 Å². The van der Waals surface area contributed by atoms with Gasteiger partial charge in [-0.15, -0.1) is 0 Å². The van der Waals surface area contributed by atoms with Crippen molar-refractivity contribution in [1.82, 2.24) is 4.90 Å². The van der Waals surface area contributed by atoms with E-state index < -0.39 is 14.9 Å². The third-order valence-corrected chi connectivity index (χ3v) is 5.03. The van der Waals surface area contributed by atoms with Crippen molar-refractivity contribution in [3.05, 3.63) is 28.3 Å². The van der Waals surface area contributed by atoms with Crippen LogP contribution in [0.15, 0.2) is 23.1 Å². The summed E-state index contributed by atoms with van der Waals surface area (Å²) in [5, 5.41) is 19.4. The lowest BCUT2D eigenvalue weighted by molar-refractivity contribution is -0.384. The van der Waals surface area contributed by atoms with Crippen LogP contribution in [0.2, 0.25) is 0 Å². The topological polar surface area (TPSA) is 119 Å². The Bertz CT molecular complexity index is 705. The molecule has 0 bridgehead atoms. The van der Waals surface area contributed by atoms with Crippen molar-refractivity contribution in [2.75, 3.05) is 25.0 Å². The molecule has 1 aromatic rings. The number of sulfonamides is 1. The monoisotopic (exact) mass is 356 g/mol. The maximum atomic E-state index is 11.4. The van der Waals surface area contributed by atoms with E-state index in [1.54, 1.807) is 0 Å². The average Bonchev–Trinajstić information content (AvgIpc) is 2.90. The van der Waals surface area contributed by atoms with E-state index in [1.165, 1.54) is 12.1 Å². The van der Waals surface area contributed by atoms with Crippen molar-refractivity contribution >= 4 is 21.4 Å². The Morgan fingerprint density at radius 2 is 2.17 bits per heavy atom. The van der Waals surface area contributed by atoms with E-state index in [9.17, 15) is 18.5 Å². The maximum absolute atomic E-state index is 11.4. The van der Waals surface area contributed by atoms with Crippen LogP contribution in [0.4, 0.5) is 11.4 Å². The number of nitro groups is 1. The van der Waals surface area contributed by atoms with Gasteiger partial charge in [0.05, 0.1) is 9.82 Å². The molecule has 8 nitrogen and oxygen atoms in total. The highest BCUT2D eigenvalue weighted by Crippen LogP contribution is 2.28. The summed E-state index contributed by atoms with van der Waals surface area (Å²) in [7, 11) is -3.97. The fourth-order valence-corrected chi connectivity index (χ4v) is 3.59. The quantitative estimate of drug-likeness (QED) is 0.568. The van der Waals surface area contributed by atoms with Crippen molar-refractivity contribution in [3.63, 3.8) is 0 Å². The number of hydrogen-bond donors (Lipinski definition) is 2. The van der Waals surface area contributed by atoms with Crippen LogP contribution in [0.3, 0.4) is 0 Å². The number of anilines is 1. The third-order valence-electron chi connectivity index (χ3n) is 4.12. The first-order valence-corrected chi connectivity index (χ1v) is 9.52. The molecule has 0 saturated carbocycles. The summed E-state index contributed by atoms with van der Waals surface area (Å²) in [6.45, 7) is 6.96. The molecule has 0 aromatic heterocycles. The number of rotatable bonds is 7. The smallest absolute Gasteiger partial charge is 0.293 e. The van der Waals surface area contributed by atoms with Gasteiger partial charge in [0, 0.05) is 25.2 Å². The molecule has 1 aliphatic heterocycles. The molecule has 3 N–H and O–H groups in total. The summed E-state index contributed by atoms with van der Waals surface area (Å²) in [5.74, 6) is 0.564. The molecule has 0 radical (unpaired) electrons. The van der Waals surface area contributed by atoms with Crippen molar-refractivity contribution in [2.24, 2.45) is 11.1 Å². The molecule has 2 rings (SSSR count). The second-order valence-electron chi connectivity index (χ2n) is 6.55. The van der Waals surface area contributed by atoms with Gasteiger partial charge in [-0.25, -0.2) is 13.6 Å². The van der Waals surface area contributed by atoms with E-state index in [2.05, 4.69) is 24.1 Å². The molecule has 1 aliphatic rings. The predicted molar refractivity (Wildman–Crippen MR) is 92.4 cm³/mol. The van der Waals surface area contributed by atoms with E-state index >= 15 is 0 Å². The van der Waals surface area contributed by atoms with Gasteiger partial charge in [0.25, 0.3) is 5.69 Å². The highest BCUT2D eigenvalue weighted by molar-refractivity contribution is 7.89. The molecule has 1 heterocycles. The first-order valence-electron chi connectivity index (χ1n) is 7.97. The van der Waals surface area contributed by atoms with Gasteiger partial charge in [0.15, 0.2) is 0 Å². The summed E-state index contributed by atoms with van der Waals surface area (Å²) >= 11 is 0. The van der Waals surface area contributed by atoms with Crippen molar-refractivity contribution in [1.29, 1.82) is 0 Å². The zero-order chi connectivity index (χ0) is 17.9. The van der Waals surface area contributed by atoms with Gasteiger partial charge in [-0.3, -0.25) is 15.0 Å². The molecule has 1 atom stereocenters. The second kappa shape index (κ2) is 7.45. The Labute approximate surface area is 142 Å². The Morgan fingerprint density at radius 1 is 1.46 bits per heavy atom. The standard InChI is InChI=1S/C15H24N4O4S/c1-11(2)10-18-7-3-4-12(18)9-17-14-6-5-13(24(16,22)23)8-15(14)19(20)21/h5-6,8,11-12,17H,3-4,7,9-10H2,1-2H3,(H2,16,22,23)/t12-/m1/s1. The molecular weight excluding hydrogens is 332 g/mol. The zero-order valence-electron chi connectivity index (χ0n) is 13.9. The van der Waals surface area contributed by atoms with Crippen LogP contribution in [-0.4, -0.2) is 43.9 Å². The predicted octanol–water partition coefficient (Wildman–Crippen LogP) is 1.77. The molecule has 1 aromatic carbocycles. The van der Waals surface area contributed by atoms with Crippen LogP contribution < -0.4 is 10.5 Å². The molecule has 0 unspecified atom stereocenters. The normalized spacial score (nSPS) is 18.9. The summed E-state index contributed by atoms with van der Waals surface area (Å²) in [6, 6.07) is 4.01. The van der Waals surface area contributed by atoms with Crippen molar-refractivity contribution < 1.29 is 13.3 Å². The van der Waals surface area contributed by atoms with E-state index in [4.69, 9.17) is 5.14 Å². The zero-order valence-corrected chi connectivity index (χ0v) is 14.8. The summed E-state index contributed by atoms with van der Waals surface area (Å²) < 4.78 is 22.7. The van der Waals surface area contributed by atoms with Crippen LogP contribution in [0.25, 0.3) is 0 Å². The highest BCUT2D eigenvalue weighted by atomic mass is 32.2. The minimum atomic E-state index is -3.97. The fourth-order valence-electron chi connectivity index (χ4n) is 3.05. The van der Waals surface area contributed by atoms with Gasteiger partial charge in [0.2, 0.25) is 10.0 Å². The Kier molecular flexibility index (Phi) is 5.79. The molecule has 0 amide bonds. The first kappa shape index (κ1) is 18.6. The number of hydrogen-bond acceptors (Lipinski definition) is 6. The van der Waals surface area contributed by atoms with Crippen LogP contribution in [-0.2, 0) is 10.0 Å². The van der Waals surface area contributed by atoms with Crippen molar-refractivity contribution in [3.8, 4) is 0 Å². The fraction of sp³-hybridized carbons (Fsp3) is 0.600. The molecule has 24 heavy (non-hydrogen) atoms. The number of nitrogens with two attached hydrogens (primary N) is 1. The molecule has 0 aliphatic carbocycles. The lowest BCUT2D eigenvalue weighted by Crippen LogP contribution is -2.37. The molecule has 1 saturated heterocycles. The Balaban J connectivity index is 2.13. The Hall–Kier alpha value is -1.71. The van der Waals surface area contributed by atoms with Crippen molar-refractivity contribution in [2.45, 2.75) is 37.6 Å². The largest absolute Gasteiger partial charge is 0.378 e. The summed E-state index contributed by atoms with van der Waals surface area (Å²) in [6.07, 6.45) is 2.16. The summed E-state index contributed by atoms with van der Waals surface area (Å²) in [4.78, 5) is 12.8. The minimum absolute atomic E-state index is 0.262. The number of primary sulfonamides is 1. The van der Waals surface area contributed by atoms with Gasteiger partial charge < -0.3 is 5.32 Å². The first-order chi connectivity index (χ1) is 11.2. The number of nitrogens with one attached hydrogen (secondary N) is 1. The van der Waals surface area contributed by atoms with Gasteiger partial charge in [-0.1, -0.05) is 13.8 Å². The molecule has 0 spiro atoms. The average molecular weight is 356 g/mol. The number of likely N-dealkylation sites (tertiary alicyclic amines) is 1. The van der Waals surface area contributed by atoms with E-state index in [0.717, 1.165) is 32.0 Å². The Morgan fingerprint density at radius 3 is 2.75 bits per heavy atom. The number of benzene rings is 1. The van der Waals surface area contributed by atoms with E-state index in [-0.39, 0.29) is 10.6 Å². The van der Waals surface area contributed by atoms with E-state index in [0.29, 0.717) is 24.2 Å². The molecule has 1 fully saturated rings. The second-order valence-corrected chi connectivity index (χ2v) is 8.11. The summed E-state index contributed by atoms with van der Waals surface area (Å²) in [5.41, 5.74) is 0.0266. The third kappa shape index (κ3) is 4.65. The van der Waals surface area contributed by atoms with E-state index in [1.807, 2.05) is 0 Å². The van der Waals surface area contributed by atoms with Crippen LogP contribution in [0.5, 0.6) is 0 Å². The maximum Gasteiger partial charge on any atom is 0.293 e. The lowest BCUT2D eigenvalue weighted by Gasteiger charge is -2.26. The van der Waals surface area contributed by atoms with Gasteiger partial charge in [0.1, 0.15) is 5.69 Å². The number of nitro benzene ring substituents is 1. The molecule has 134 valence electrons. The molecule has 9 heteroatoms. The number of nitrogens with zero attached hydrogens (tertiary/aromatic N) is 2. The SMILES string of the molecule is CC(C)CN1CCC[C@@H]1CNc1ccc(S(N)(=O)=O)cc1[N+](=O)[O-]. The van der Waals surface area contributed by atoms with Crippen LogP contribution >= 0.6 is 0 Å². The minimum Gasteiger partial charge on any atom is -0.378 e.